The molecule has 1 aliphatic rings. The number of aliphatic imine (C=N–C) groups is 1. The molecule has 1 heterocycles. The summed E-state index contributed by atoms with van der Waals surface area (Å²) in [5.74, 6) is -0.229. The highest BCUT2D eigenvalue weighted by atomic mass is 16.6. The number of nitrogens with zero attached hydrogens (tertiary/aromatic N) is 3. The summed E-state index contributed by atoms with van der Waals surface area (Å²) in [6.45, 7) is 3.25. The summed E-state index contributed by atoms with van der Waals surface area (Å²) in [5, 5.41) is 10.7. The minimum absolute atomic E-state index is 0.0854. The number of ether oxygens (including phenoxy) is 2. The molecule has 0 unspecified atom stereocenters. The third-order valence-corrected chi connectivity index (χ3v) is 4.97. The van der Waals surface area contributed by atoms with Crippen LogP contribution in [0.15, 0.2) is 77.8 Å². The van der Waals surface area contributed by atoms with Gasteiger partial charge in [0.1, 0.15) is 5.75 Å². The van der Waals surface area contributed by atoms with Crippen LogP contribution < -0.4 is 9.64 Å². The summed E-state index contributed by atoms with van der Waals surface area (Å²) in [6, 6.07) is 20.3. The molecule has 3 aromatic carbocycles. The zero-order chi connectivity index (χ0) is 22.3. The molecule has 0 aromatic heterocycles. The Labute approximate surface area is 184 Å². The molecule has 4 rings (SSSR count). The fourth-order valence-electron chi connectivity index (χ4n) is 3.26. The van der Waals surface area contributed by atoms with E-state index in [1.165, 1.54) is 24.3 Å². The van der Waals surface area contributed by atoms with E-state index in [0.717, 1.165) is 43.2 Å². The molecule has 0 N–H and O–H groups in total. The van der Waals surface area contributed by atoms with Gasteiger partial charge in [-0.05, 0) is 54.1 Å². The molecule has 0 atom stereocenters. The molecule has 8 nitrogen and oxygen atoms in total. The number of anilines is 1. The van der Waals surface area contributed by atoms with Crippen LogP contribution in [0.25, 0.3) is 0 Å². The second-order valence-corrected chi connectivity index (χ2v) is 7.14. The topological polar surface area (TPSA) is 94.3 Å². The molecule has 3 aromatic rings. The molecule has 0 bridgehead atoms. The van der Waals surface area contributed by atoms with Crippen LogP contribution in [-0.2, 0) is 4.74 Å². The van der Waals surface area contributed by atoms with E-state index in [2.05, 4.69) is 9.89 Å². The van der Waals surface area contributed by atoms with Gasteiger partial charge in [0.05, 0.1) is 29.4 Å². The first-order valence-electron chi connectivity index (χ1n) is 10.1. The number of hydrogen-bond acceptors (Lipinski definition) is 7. The van der Waals surface area contributed by atoms with Crippen molar-refractivity contribution in [3.05, 3.63) is 94.0 Å². The van der Waals surface area contributed by atoms with E-state index in [4.69, 9.17) is 9.47 Å². The van der Waals surface area contributed by atoms with Gasteiger partial charge in [-0.3, -0.25) is 15.1 Å². The average Bonchev–Trinajstić information content (AvgIpc) is 2.84. The Bertz CT molecular complexity index is 1120. The van der Waals surface area contributed by atoms with Gasteiger partial charge in [0.25, 0.3) is 5.69 Å². The highest BCUT2D eigenvalue weighted by Gasteiger charge is 2.12. The Morgan fingerprint density at radius 3 is 2.44 bits per heavy atom. The Kier molecular flexibility index (Phi) is 6.52. The molecule has 0 radical (unpaired) electrons. The van der Waals surface area contributed by atoms with E-state index in [1.807, 2.05) is 30.3 Å². The Balaban J connectivity index is 1.39. The van der Waals surface area contributed by atoms with Crippen LogP contribution in [0, 0.1) is 10.1 Å². The Morgan fingerprint density at radius 2 is 1.75 bits per heavy atom. The standard InChI is InChI=1S/C24H21N3O5/c28-24(19-4-8-22(9-5-19)27(29)30)32-23-3-1-2-18(16-23)17-25-20-6-10-21(11-7-20)26-12-14-31-15-13-26/h1-11,16-17H,12-15H2. The van der Waals surface area contributed by atoms with Crippen molar-refractivity contribution in [2.24, 2.45) is 4.99 Å². The maximum absolute atomic E-state index is 12.3. The number of carbonyl (C=O) groups is 1. The second kappa shape index (κ2) is 9.84. The summed E-state index contributed by atoms with van der Waals surface area (Å²) < 4.78 is 10.8. The molecule has 162 valence electrons. The number of carbonyl (C=O) groups excluding carboxylic acids is 1. The first-order chi connectivity index (χ1) is 15.6. The molecule has 8 heteroatoms. The van der Waals surface area contributed by atoms with Gasteiger partial charge < -0.3 is 14.4 Å². The quantitative estimate of drug-likeness (QED) is 0.189. The van der Waals surface area contributed by atoms with Gasteiger partial charge in [-0.2, -0.15) is 0 Å². The lowest BCUT2D eigenvalue weighted by atomic mass is 10.2. The van der Waals surface area contributed by atoms with Crippen molar-refractivity contribution < 1.29 is 19.2 Å². The lowest BCUT2D eigenvalue weighted by molar-refractivity contribution is -0.384. The van der Waals surface area contributed by atoms with Crippen LogP contribution in [0.1, 0.15) is 15.9 Å². The highest BCUT2D eigenvalue weighted by molar-refractivity contribution is 5.91. The maximum atomic E-state index is 12.3. The second-order valence-electron chi connectivity index (χ2n) is 7.14. The van der Waals surface area contributed by atoms with Gasteiger partial charge in [-0.25, -0.2) is 4.79 Å². The lowest BCUT2D eigenvalue weighted by Crippen LogP contribution is -2.36. The average molecular weight is 431 g/mol. The van der Waals surface area contributed by atoms with Crippen molar-refractivity contribution >= 4 is 29.2 Å². The molecule has 0 amide bonds. The third-order valence-electron chi connectivity index (χ3n) is 4.97. The molecule has 1 fully saturated rings. The fraction of sp³-hybridized carbons (Fsp3) is 0.167. The van der Waals surface area contributed by atoms with E-state index < -0.39 is 10.9 Å². The molecule has 0 spiro atoms. The number of rotatable bonds is 6. The first kappa shape index (κ1) is 21.2. The minimum Gasteiger partial charge on any atom is -0.423 e. The van der Waals surface area contributed by atoms with Crippen molar-refractivity contribution in [3.8, 4) is 5.75 Å². The summed E-state index contributed by atoms with van der Waals surface area (Å²) >= 11 is 0. The summed E-state index contributed by atoms with van der Waals surface area (Å²) in [7, 11) is 0. The Hall–Kier alpha value is -4.04. The first-order valence-corrected chi connectivity index (χ1v) is 10.1. The summed E-state index contributed by atoms with van der Waals surface area (Å²) in [6.07, 6.45) is 1.70. The zero-order valence-corrected chi connectivity index (χ0v) is 17.2. The van der Waals surface area contributed by atoms with Crippen molar-refractivity contribution in [3.63, 3.8) is 0 Å². The number of morpholine rings is 1. The molecular weight excluding hydrogens is 410 g/mol. The predicted molar refractivity (Wildman–Crippen MR) is 121 cm³/mol. The van der Waals surface area contributed by atoms with E-state index in [-0.39, 0.29) is 11.3 Å². The number of benzene rings is 3. The molecule has 0 aliphatic carbocycles. The van der Waals surface area contributed by atoms with Gasteiger partial charge >= 0.3 is 5.97 Å². The molecule has 32 heavy (non-hydrogen) atoms. The maximum Gasteiger partial charge on any atom is 0.343 e. The van der Waals surface area contributed by atoms with E-state index in [9.17, 15) is 14.9 Å². The van der Waals surface area contributed by atoms with Crippen LogP contribution in [0.3, 0.4) is 0 Å². The van der Waals surface area contributed by atoms with Gasteiger partial charge in [0.2, 0.25) is 0 Å². The van der Waals surface area contributed by atoms with Crippen LogP contribution in [0.5, 0.6) is 5.75 Å². The van der Waals surface area contributed by atoms with Gasteiger partial charge in [0.15, 0.2) is 0 Å². The number of non-ortho nitro benzene ring substituents is 1. The van der Waals surface area contributed by atoms with E-state index in [1.54, 1.807) is 24.4 Å². The summed E-state index contributed by atoms with van der Waals surface area (Å²) in [4.78, 5) is 29.3. The number of esters is 1. The number of nitro groups is 1. The van der Waals surface area contributed by atoms with Crippen molar-refractivity contribution in [2.75, 3.05) is 31.2 Å². The SMILES string of the molecule is O=C(Oc1cccc(C=Nc2ccc(N3CCOCC3)cc2)c1)c1ccc([N+](=O)[O-])cc1. The minimum atomic E-state index is -0.590. The predicted octanol–water partition coefficient (Wildman–Crippen LogP) is 4.40. The van der Waals surface area contributed by atoms with Gasteiger partial charge in [-0.1, -0.05) is 12.1 Å². The van der Waals surface area contributed by atoms with E-state index in [0.29, 0.717) is 5.75 Å². The molecular formula is C24H21N3O5. The molecule has 0 saturated carbocycles. The third kappa shape index (κ3) is 5.35. The number of hydrogen-bond donors (Lipinski definition) is 0. The summed E-state index contributed by atoms with van der Waals surface area (Å²) in [5.41, 5.74) is 2.88. The fourth-order valence-corrected chi connectivity index (χ4v) is 3.26. The normalized spacial score (nSPS) is 13.8. The lowest BCUT2D eigenvalue weighted by Gasteiger charge is -2.28. The largest absolute Gasteiger partial charge is 0.423 e. The van der Waals surface area contributed by atoms with Crippen LogP contribution in [0.2, 0.25) is 0 Å². The smallest absolute Gasteiger partial charge is 0.343 e. The number of nitro benzene ring substituents is 1. The monoisotopic (exact) mass is 431 g/mol. The van der Waals surface area contributed by atoms with Crippen molar-refractivity contribution in [2.45, 2.75) is 0 Å². The van der Waals surface area contributed by atoms with Crippen LogP contribution in [-0.4, -0.2) is 43.4 Å². The van der Waals surface area contributed by atoms with Crippen LogP contribution >= 0.6 is 0 Å². The Morgan fingerprint density at radius 1 is 1.03 bits per heavy atom. The van der Waals surface area contributed by atoms with E-state index >= 15 is 0 Å². The highest BCUT2D eigenvalue weighted by Crippen LogP contribution is 2.21. The van der Waals surface area contributed by atoms with Crippen molar-refractivity contribution in [1.29, 1.82) is 0 Å². The van der Waals surface area contributed by atoms with Gasteiger partial charge in [0, 0.05) is 37.1 Å². The van der Waals surface area contributed by atoms with Crippen molar-refractivity contribution in [1.82, 2.24) is 0 Å². The van der Waals surface area contributed by atoms with Crippen LogP contribution in [0.4, 0.5) is 17.1 Å². The zero-order valence-electron chi connectivity index (χ0n) is 17.2. The molecule has 1 aliphatic heterocycles. The molecule has 1 saturated heterocycles. The van der Waals surface area contributed by atoms with Gasteiger partial charge in [-0.15, -0.1) is 0 Å².